The maximum atomic E-state index is 11.7. The molecular weight excluding hydrogens is 222 g/mol. The Morgan fingerprint density at radius 2 is 1.76 bits per heavy atom. The second kappa shape index (κ2) is 4.37. The maximum Gasteiger partial charge on any atom is 0.332 e. The summed E-state index contributed by atoms with van der Waals surface area (Å²) in [5.41, 5.74) is 4.08. The molecular formula is C10H9N5O2. The Hall–Kier alpha value is -2.80. The largest absolute Gasteiger partial charge is 0.384 e. The fourth-order valence-electron chi connectivity index (χ4n) is 1.26. The average molecular weight is 231 g/mol. The molecule has 0 aliphatic carbocycles. The summed E-state index contributed by atoms with van der Waals surface area (Å²) < 4.78 is 1.92. The molecule has 0 spiro atoms. The van der Waals surface area contributed by atoms with Gasteiger partial charge in [-0.25, -0.2) is 4.79 Å². The molecule has 1 aromatic heterocycles. The van der Waals surface area contributed by atoms with Gasteiger partial charge >= 0.3 is 5.69 Å². The molecule has 2 N–H and O–H groups in total. The Morgan fingerprint density at radius 3 is 2.24 bits per heavy atom. The van der Waals surface area contributed by atoms with E-state index in [0.717, 1.165) is 15.2 Å². The molecule has 7 heteroatoms. The van der Waals surface area contributed by atoms with Crippen LogP contribution in [0.4, 0.5) is 5.82 Å². The lowest BCUT2D eigenvalue weighted by molar-refractivity contribution is 0.691. The molecule has 86 valence electrons. The maximum absolute atomic E-state index is 11.7. The van der Waals surface area contributed by atoms with Crippen LogP contribution < -0.4 is 17.0 Å². The zero-order chi connectivity index (χ0) is 13.2. The van der Waals surface area contributed by atoms with Crippen LogP contribution >= 0.6 is 0 Å². The number of allylic oxidation sites excluding steroid dienone is 1. The molecule has 0 aliphatic heterocycles. The normalized spacial score (nSPS) is 9.18. The van der Waals surface area contributed by atoms with Crippen molar-refractivity contribution < 1.29 is 0 Å². The lowest BCUT2D eigenvalue weighted by atomic mass is 10.2. The molecule has 0 saturated heterocycles. The van der Waals surface area contributed by atoms with Crippen LogP contribution in [0.2, 0.25) is 0 Å². The van der Waals surface area contributed by atoms with E-state index in [4.69, 9.17) is 16.3 Å². The van der Waals surface area contributed by atoms with Crippen molar-refractivity contribution in [3.8, 4) is 12.1 Å². The van der Waals surface area contributed by atoms with Crippen LogP contribution in [-0.4, -0.2) is 9.13 Å². The Balaban J connectivity index is 3.77. The van der Waals surface area contributed by atoms with Gasteiger partial charge in [0, 0.05) is 14.1 Å². The monoisotopic (exact) mass is 231 g/mol. The molecule has 17 heavy (non-hydrogen) atoms. The highest BCUT2D eigenvalue weighted by Gasteiger charge is 2.11. The van der Waals surface area contributed by atoms with Crippen molar-refractivity contribution in [2.45, 2.75) is 0 Å². The van der Waals surface area contributed by atoms with Crippen LogP contribution in [-0.2, 0) is 14.1 Å². The van der Waals surface area contributed by atoms with Gasteiger partial charge < -0.3 is 5.73 Å². The van der Waals surface area contributed by atoms with E-state index < -0.39 is 11.2 Å². The van der Waals surface area contributed by atoms with E-state index in [1.165, 1.54) is 14.1 Å². The first-order valence-corrected chi connectivity index (χ1v) is 4.51. The summed E-state index contributed by atoms with van der Waals surface area (Å²) >= 11 is 0. The Morgan fingerprint density at radius 1 is 1.24 bits per heavy atom. The number of aromatic nitrogens is 2. The van der Waals surface area contributed by atoms with Gasteiger partial charge in [0.1, 0.15) is 23.5 Å². The second-order valence-corrected chi connectivity index (χ2v) is 3.29. The van der Waals surface area contributed by atoms with Gasteiger partial charge in [-0.05, 0) is 6.08 Å². The topological polar surface area (TPSA) is 118 Å². The van der Waals surface area contributed by atoms with E-state index in [2.05, 4.69) is 0 Å². The Bertz CT molecular complexity index is 678. The second-order valence-electron chi connectivity index (χ2n) is 3.29. The summed E-state index contributed by atoms with van der Waals surface area (Å²) in [6.45, 7) is 0. The summed E-state index contributed by atoms with van der Waals surface area (Å²) in [7, 11) is 2.69. The van der Waals surface area contributed by atoms with Crippen LogP contribution in [0.25, 0.3) is 6.08 Å². The number of nitrogen functional groups attached to an aromatic ring is 1. The minimum Gasteiger partial charge on any atom is -0.384 e. The molecule has 0 amide bonds. The lowest BCUT2D eigenvalue weighted by Gasteiger charge is -2.08. The number of hydrogen-bond acceptors (Lipinski definition) is 5. The van der Waals surface area contributed by atoms with Gasteiger partial charge in [0.2, 0.25) is 0 Å². The highest BCUT2D eigenvalue weighted by Crippen LogP contribution is 2.07. The van der Waals surface area contributed by atoms with Gasteiger partial charge in [-0.1, -0.05) is 0 Å². The SMILES string of the molecule is Cn1c(N)c(C=C(C#N)C#N)c(=O)n(C)c1=O. The number of anilines is 1. The summed E-state index contributed by atoms with van der Waals surface area (Å²) in [6.07, 6.45) is 1.07. The third-order valence-electron chi connectivity index (χ3n) is 2.28. The van der Waals surface area contributed by atoms with E-state index in [1.54, 1.807) is 12.1 Å². The van der Waals surface area contributed by atoms with Crippen LogP contribution in [0.3, 0.4) is 0 Å². The number of hydrogen-bond donors (Lipinski definition) is 1. The number of nitrogens with two attached hydrogens (primary N) is 1. The van der Waals surface area contributed by atoms with Crippen molar-refractivity contribution >= 4 is 11.9 Å². The predicted molar refractivity (Wildman–Crippen MR) is 60.5 cm³/mol. The number of rotatable bonds is 1. The fourth-order valence-corrected chi connectivity index (χ4v) is 1.26. The standard InChI is InChI=1S/C10H9N5O2/c1-14-8(13)7(3-6(4-11)5-12)9(16)15(2)10(14)17/h3H,13H2,1-2H3. The average Bonchev–Trinajstić information content (AvgIpc) is 2.34. The van der Waals surface area contributed by atoms with Gasteiger partial charge in [-0.2, -0.15) is 10.5 Å². The molecule has 1 aromatic rings. The lowest BCUT2D eigenvalue weighted by Crippen LogP contribution is -2.39. The van der Waals surface area contributed by atoms with Crippen LogP contribution in [0, 0.1) is 22.7 Å². The smallest absolute Gasteiger partial charge is 0.332 e. The van der Waals surface area contributed by atoms with E-state index in [9.17, 15) is 9.59 Å². The summed E-state index contributed by atoms with van der Waals surface area (Å²) in [4.78, 5) is 23.2. The van der Waals surface area contributed by atoms with Gasteiger partial charge in [-0.15, -0.1) is 0 Å². The van der Waals surface area contributed by atoms with E-state index in [1.807, 2.05) is 0 Å². The van der Waals surface area contributed by atoms with Crippen molar-refractivity contribution in [2.24, 2.45) is 14.1 Å². The first kappa shape index (κ1) is 12.3. The van der Waals surface area contributed by atoms with Crippen molar-refractivity contribution in [2.75, 3.05) is 5.73 Å². The molecule has 0 aromatic carbocycles. The van der Waals surface area contributed by atoms with Gasteiger partial charge in [-0.3, -0.25) is 13.9 Å². The summed E-state index contributed by atoms with van der Waals surface area (Å²) in [5.74, 6) is -0.0823. The Kier molecular flexibility index (Phi) is 3.16. The first-order valence-electron chi connectivity index (χ1n) is 4.51. The molecule has 0 radical (unpaired) electrons. The predicted octanol–water partition coefficient (Wildman–Crippen LogP) is -0.903. The van der Waals surface area contributed by atoms with Crippen molar-refractivity contribution in [3.05, 3.63) is 32.0 Å². The highest BCUT2D eigenvalue weighted by molar-refractivity contribution is 5.68. The van der Waals surface area contributed by atoms with E-state index in [-0.39, 0.29) is 17.0 Å². The van der Waals surface area contributed by atoms with E-state index in [0.29, 0.717) is 0 Å². The Labute approximate surface area is 96.2 Å². The molecule has 0 saturated carbocycles. The summed E-state index contributed by atoms with van der Waals surface area (Å²) in [6, 6.07) is 3.23. The number of nitrogens with zero attached hydrogens (tertiary/aromatic N) is 4. The number of nitriles is 2. The molecule has 7 nitrogen and oxygen atoms in total. The first-order chi connectivity index (χ1) is 7.93. The van der Waals surface area contributed by atoms with E-state index >= 15 is 0 Å². The zero-order valence-electron chi connectivity index (χ0n) is 9.26. The quantitative estimate of drug-likeness (QED) is 0.628. The molecule has 0 aliphatic rings. The van der Waals surface area contributed by atoms with Crippen molar-refractivity contribution in [1.29, 1.82) is 10.5 Å². The molecule has 0 bridgehead atoms. The summed E-state index contributed by atoms with van der Waals surface area (Å²) in [5, 5.41) is 17.2. The molecule has 1 heterocycles. The van der Waals surface area contributed by atoms with Gasteiger partial charge in [0.05, 0.1) is 5.56 Å². The molecule has 0 atom stereocenters. The highest BCUT2D eigenvalue weighted by atomic mass is 16.2. The van der Waals surface area contributed by atoms with Crippen LogP contribution in [0.1, 0.15) is 5.56 Å². The molecule has 0 unspecified atom stereocenters. The van der Waals surface area contributed by atoms with Crippen LogP contribution in [0.15, 0.2) is 15.2 Å². The third-order valence-corrected chi connectivity index (χ3v) is 2.28. The van der Waals surface area contributed by atoms with Gasteiger partial charge in [0.15, 0.2) is 0 Å². The molecule has 0 fully saturated rings. The zero-order valence-corrected chi connectivity index (χ0v) is 9.26. The van der Waals surface area contributed by atoms with Crippen molar-refractivity contribution in [3.63, 3.8) is 0 Å². The molecule has 1 rings (SSSR count). The minimum atomic E-state index is -0.645. The third kappa shape index (κ3) is 1.94. The van der Waals surface area contributed by atoms with Crippen LogP contribution in [0.5, 0.6) is 0 Å². The van der Waals surface area contributed by atoms with Gasteiger partial charge in [0.25, 0.3) is 5.56 Å². The fraction of sp³-hybridized carbons (Fsp3) is 0.200. The minimum absolute atomic E-state index is 0.0484. The van der Waals surface area contributed by atoms with Crippen molar-refractivity contribution in [1.82, 2.24) is 9.13 Å².